The van der Waals surface area contributed by atoms with Crippen molar-refractivity contribution < 1.29 is 0 Å². The highest BCUT2D eigenvalue weighted by atomic mass is 14.7. The highest BCUT2D eigenvalue weighted by Crippen LogP contribution is 2.50. The van der Waals surface area contributed by atoms with Crippen LogP contribution in [0.1, 0.15) is 49.9 Å². The minimum absolute atomic E-state index is 0.0119. The van der Waals surface area contributed by atoms with E-state index in [2.05, 4.69) is 189 Å². The Morgan fingerprint density at radius 2 is 0.964 bits per heavy atom. The molecule has 0 radical (unpaired) electrons. The van der Waals surface area contributed by atoms with Crippen molar-refractivity contribution in [1.82, 2.24) is 4.98 Å². The lowest BCUT2D eigenvalue weighted by Crippen LogP contribution is -2.14. The van der Waals surface area contributed by atoms with Crippen LogP contribution in [0.25, 0.3) is 88.6 Å². The highest BCUT2D eigenvalue weighted by Gasteiger charge is 2.35. The van der Waals surface area contributed by atoms with Crippen molar-refractivity contribution in [3.05, 3.63) is 192 Å². The largest absolute Gasteiger partial charge is 0.354 e. The fourth-order valence-electron chi connectivity index (χ4n) is 9.40. The molecule has 55 heavy (non-hydrogen) atoms. The monoisotopic (exact) mass is 705 g/mol. The van der Waals surface area contributed by atoms with Crippen LogP contribution in [0.15, 0.2) is 170 Å². The van der Waals surface area contributed by atoms with Crippen molar-refractivity contribution in [1.29, 1.82) is 0 Å². The van der Waals surface area contributed by atoms with E-state index in [0.29, 0.717) is 0 Å². The Morgan fingerprint density at radius 3 is 1.78 bits per heavy atom. The molecule has 0 amide bonds. The van der Waals surface area contributed by atoms with E-state index in [1.807, 2.05) is 13.8 Å². The minimum atomic E-state index is 0.0119. The summed E-state index contributed by atoms with van der Waals surface area (Å²) in [6, 6.07) is 63.2. The highest BCUT2D eigenvalue weighted by molar-refractivity contribution is 6.13. The molecule has 11 rings (SSSR count). The smallest absolute Gasteiger partial charge is 0.0544 e. The second-order valence-corrected chi connectivity index (χ2v) is 15.4. The third-order valence-corrected chi connectivity index (χ3v) is 12.1. The van der Waals surface area contributed by atoms with Crippen molar-refractivity contribution in [2.24, 2.45) is 0 Å². The maximum atomic E-state index is 3.81. The van der Waals surface area contributed by atoms with Gasteiger partial charge in [0.2, 0.25) is 0 Å². The van der Waals surface area contributed by atoms with Crippen molar-refractivity contribution >= 4 is 21.8 Å². The molecule has 0 atom stereocenters. The predicted molar refractivity (Wildman–Crippen MR) is 235 cm³/mol. The second kappa shape index (κ2) is 12.9. The normalized spacial score (nSPS) is 13.2. The molecule has 264 valence electrons. The van der Waals surface area contributed by atoms with Crippen LogP contribution in [-0.4, -0.2) is 4.98 Å². The molecule has 0 saturated carbocycles. The molecular weight excluding hydrogens is 663 g/mol. The average molecular weight is 706 g/mol. The first-order chi connectivity index (χ1) is 27.0. The van der Waals surface area contributed by atoms with Crippen LogP contribution in [0.3, 0.4) is 0 Å². The molecule has 1 nitrogen and oxygen atoms in total. The number of fused-ring (bicyclic) bond motifs is 9. The van der Waals surface area contributed by atoms with Gasteiger partial charge in [-0.2, -0.15) is 0 Å². The Kier molecular flexibility index (Phi) is 7.75. The molecule has 2 aliphatic carbocycles. The molecule has 8 aromatic carbocycles. The number of benzene rings is 8. The molecule has 0 aliphatic heterocycles. The molecule has 1 heterocycles. The molecule has 0 unspecified atom stereocenters. The van der Waals surface area contributed by atoms with E-state index in [0.717, 1.165) is 11.9 Å². The van der Waals surface area contributed by atoms with Gasteiger partial charge in [-0.1, -0.05) is 167 Å². The van der Waals surface area contributed by atoms with Gasteiger partial charge < -0.3 is 4.98 Å². The molecule has 2 aliphatic rings. The van der Waals surface area contributed by atoms with E-state index in [1.54, 1.807) is 0 Å². The van der Waals surface area contributed by atoms with Gasteiger partial charge in [-0.15, -0.1) is 0 Å². The molecule has 0 bridgehead atoms. The van der Waals surface area contributed by atoms with Crippen molar-refractivity contribution in [3.63, 3.8) is 0 Å². The van der Waals surface area contributed by atoms with Crippen LogP contribution in [0.5, 0.6) is 0 Å². The summed E-state index contributed by atoms with van der Waals surface area (Å²) in [7, 11) is 0. The van der Waals surface area contributed by atoms with Gasteiger partial charge in [-0.25, -0.2) is 0 Å². The third-order valence-electron chi connectivity index (χ3n) is 12.1. The van der Waals surface area contributed by atoms with Gasteiger partial charge in [-0.05, 0) is 120 Å². The Hall–Kier alpha value is -6.44. The standard InChI is InChI=1S/C52H37N.C2H6/c1-52(2)48-22-6-5-17-43(48)46-29-35(23-25-49(46)52)33-13-7-12-32(27-33)34-14-8-15-36(28-34)41-19-10-21-44-47-31-38(24-26-50(47)53-51(41)44)40-18-9-20-42-39-16-4-3-11-37(39)30-45(40)42;1-2/h3-29,31,53H,30H2,1-2H3;1-2H3. The Morgan fingerprint density at radius 1 is 0.400 bits per heavy atom. The summed E-state index contributed by atoms with van der Waals surface area (Å²) in [5, 5.41) is 2.51. The van der Waals surface area contributed by atoms with Crippen molar-refractivity contribution in [3.8, 4) is 66.8 Å². The average Bonchev–Trinajstić information content (AvgIpc) is 3.89. The maximum absolute atomic E-state index is 3.81. The number of aromatic nitrogens is 1. The summed E-state index contributed by atoms with van der Waals surface area (Å²) in [5.41, 5.74) is 23.4. The Balaban J connectivity index is 0.00000183. The fraction of sp³-hybridized carbons (Fsp3) is 0.111. The predicted octanol–water partition coefficient (Wildman–Crippen LogP) is 14.9. The molecule has 0 fully saturated rings. The fourth-order valence-corrected chi connectivity index (χ4v) is 9.40. The minimum Gasteiger partial charge on any atom is -0.354 e. The number of hydrogen-bond donors (Lipinski definition) is 1. The number of nitrogens with one attached hydrogen (secondary N) is 1. The van der Waals surface area contributed by atoms with Gasteiger partial charge in [0, 0.05) is 27.3 Å². The first-order valence-corrected chi connectivity index (χ1v) is 19.7. The molecular formula is C54H43N. The zero-order valence-electron chi connectivity index (χ0n) is 31.9. The molecule has 0 spiro atoms. The zero-order chi connectivity index (χ0) is 37.3. The first-order valence-electron chi connectivity index (χ1n) is 19.7. The third kappa shape index (κ3) is 5.22. The first kappa shape index (κ1) is 33.2. The van der Waals surface area contributed by atoms with Crippen LogP contribution >= 0.6 is 0 Å². The molecule has 0 saturated heterocycles. The van der Waals surface area contributed by atoms with E-state index in [4.69, 9.17) is 0 Å². The van der Waals surface area contributed by atoms with Gasteiger partial charge >= 0.3 is 0 Å². The summed E-state index contributed by atoms with van der Waals surface area (Å²) >= 11 is 0. The Bertz CT molecular complexity index is 2950. The quantitative estimate of drug-likeness (QED) is 0.188. The van der Waals surface area contributed by atoms with Crippen LogP contribution < -0.4 is 0 Å². The summed E-state index contributed by atoms with van der Waals surface area (Å²) < 4.78 is 0. The van der Waals surface area contributed by atoms with Crippen LogP contribution in [0.2, 0.25) is 0 Å². The van der Waals surface area contributed by atoms with Crippen LogP contribution in [0.4, 0.5) is 0 Å². The number of hydrogen-bond acceptors (Lipinski definition) is 0. The summed E-state index contributed by atoms with van der Waals surface area (Å²) in [6.07, 6.45) is 0.983. The van der Waals surface area contributed by atoms with Gasteiger partial charge in [0.05, 0.1) is 5.52 Å². The topological polar surface area (TPSA) is 15.8 Å². The van der Waals surface area contributed by atoms with E-state index < -0.39 is 0 Å². The number of para-hydroxylation sites is 1. The van der Waals surface area contributed by atoms with Gasteiger partial charge in [-0.3, -0.25) is 0 Å². The SMILES string of the molecule is CC.CC1(C)c2ccccc2-c2cc(-c3cccc(-c4cccc(-c5cccc6c5[nH]c5ccc(-c7cccc8c7Cc7ccccc7-8)cc56)c4)c3)ccc21. The van der Waals surface area contributed by atoms with Gasteiger partial charge in [0.25, 0.3) is 0 Å². The summed E-state index contributed by atoms with van der Waals surface area (Å²) in [5.74, 6) is 0. The molecule has 9 aromatic rings. The second-order valence-electron chi connectivity index (χ2n) is 15.4. The van der Waals surface area contributed by atoms with E-state index in [1.165, 1.54) is 105 Å². The molecule has 1 aromatic heterocycles. The van der Waals surface area contributed by atoms with Crippen molar-refractivity contribution in [2.45, 2.75) is 39.5 Å². The maximum Gasteiger partial charge on any atom is 0.0544 e. The van der Waals surface area contributed by atoms with E-state index >= 15 is 0 Å². The van der Waals surface area contributed by atoms with Crippen LogP contribution in [-0.2, 0) is 11.8 Å². The Labute approximate surface area is 324 Å². The number of rotatable bonds is 4. The number of aromatic amines is 1. The van der Waals surface area contributed by atoms with Crippen LogP contribution in [0, 0.1) is 0 Å². The molecule has 1 N–H and O–H groups in total. The van der Waals surface area contributed by atoms with Gasteiger partial charge in [0.1, 0.15) is 0 Å². The summed E-state index contributed by atoms with van der Waals surface area (Å²) in [6.45, 7) is 8.68. The molecule has 1 heteroatoms. The van der Waals surface area contributed by atoms with E-state index in [-0.39, 0.29) is 5.41 Å². The zero-order valence-corrected chi connectivity index (χ0v) is 31.9. The van der Waals surface area contributed by atoms with E-state index in [9.17, 15) is 0 Å². The lowest BCUT2D eigenvalue weighted by atomic mass is 9.82. The lowest BCUT2D eigenvalue weighted by Gasteiger charge is -2.21. The lowest BCUT2D eigenvalue weighted by molar-refractivity contribution is 0.660. The van der Waals surface area contributed by atoms with Gasteiger partial charge in [0.15, 0.2) is 0 Å². The van der Waals surface area contributed by atoms with Crippen molar-refractivity contribution in [2.75, 3.05) is 0 Å². The number of H-pyrrole nitrogens is 1. The summed E-state index contributed by atoms with van der Waals surface area (Å²) in [4.78, 5) is 3.81.